The summed E-state index contributed by atoms with van der Waals surface area (Å²) >= 11 is 0. The van der Waals surface area contributed by atoms with Crippen LogP contribution in [0.4, 0.5) is 0 Å². The summed E-state index contributed by atoms with van der Waals surface area (Å²) in [6.45, 7) is 1.99. The molecule has 1 amide bonds. The Bertz CT molecular complexity index is 839. The molecule has 0 saturated heterocycles. The van der Waals surface area contributed by atoms with Crippen LogP contribution in [0, 0.1) is 0 Å². The first-order chi connectivity index (χ1) is 12.2. The van der Waals surface area contributed by atoms with Gasteiger partial charge in [-0.3, -0.25) is 4.79 Å². The molecule has 0 bridgehead atoms. The van der Waals surface area contributed by atoms with Crippen molar-refractivity contribution in [2.24, 2.45) is 0 Å². The van der Waals surface area contributed by atoms with Crippen LogP contribution in [-0.4, -0.2) is 13.0 Å². The Balaban J connectivity index is 1.96. The summed E-state index contributed by atoms with van der Waals surface area (Å²) in [5.74, 6) is 1.58. The van der Waals surface area contributed by atoms with Crippen molar-refractivity contribution in [3.8, 4) is 5.75 Å². The maximum atomic E-state index is 12.7. The molecular formula is C21H21NO3. The number of amides is 1. The number of methoxy groups -OCH3 is 1. The average molecular weight is 335 g/mol. The maximum absolute atomic E-state index is 12.7. The smallest absolute Gasteiger partial charge is 0.287 e. The summed E-state index contributed by atoms with van der Waals surface area (Å²) in [5, 5.41) is 3.07. The van der Waals surface area contributed by atoms with Gasteiger partial charge in [-0.15, -0.1) is 0 Å². The van der Waals surface area contributed by atoms with E-state index in [1.54, 1.807) is 13.2 Å². The maximum Gasteiger partial charge on any atom is 0.287 e. The van der Waals surface area contributed by atoms with Crippen LogP contribution in [0.2, 0.25) is 0 Å². The minimum atomic E-state index is -0.333. The Morgan fingerprint density at radius 2 is 1.76 bits per heavy atom. The summed E-state index contributed by atoms with van der Waals surface area (Å²) in [6.07, 6.45) is 0.752. The van der Waals surface area contributed by atoms with Gasteiger partial charge in [-0.05, 0) is 23.8 Å². The zero-order valence-electron chi connectivity index (χ0n) is 14.4. The predicted molar refractivity (Wildman–Crippen MR) is 96.8 cm³/mol. The molecule has 0 aliphatic carbocycles. The van der Waals surface area contributed by atoms with E-state index < -0.39 is 0 Å². The van der Waals surface area contributed by atoms with E-state index in [9.17, 15) is 4.79 Å². The fourth-order valence-corrected chi connectivity index (χ4v) is 2.78. The summed E-state index contributed by atoms with van der Waals surface area (Å²) in [6, 6.07) is 20.7. The van der Waals surface area contributed by atoms with Crippen LogP contribution in [0.5, 0.6) is 5.75 Å². The van der Waals surface area contributed by atoms with Gasteiger partial charge in [-0.25, -0.2) is 0 Å². The Hall–Kier alpha value is -3.01. The van der Waals surface area contributed by atoms with Gasteiger partial charge >= 0.3 is 0 Å². The molecule has 3 rings (SSSR count). The Morgan fingerprint density at radius 3 is 2.44 bits per heavy atom. The molecule has 1 heterocycles. The molecule has 1 unspecified atom stereocenters. The molecule has 25 heavy (non-hydrogen) atoms. The van der Waals surface area contributed by atoms with E-state index in [0.29, 0.717) is 5.76 Å². The lowest BCUT2D eigenvalue weighted by Gasteiger charge is -2.21. The minimum absolute atomic E-state index is 0.251. The van der Waals surface area contributed by atoms with Crippen molar-refractivity contribution >= 4 is 5.91 Å². The van der Waals surface area contributed by atoms with E-state index >= 15 is 0 Å². The molecule has 1 atom stereocenters. The zero-order chi connectivity index (χ0) is 17.6. The largest absolute Gasteiger partial charge is 0.496 e. The molecule has 2 aromatic carbocycles. The van der Waals surface area contributed by atoms with Gasteiger partial charge in [0.25, 0.3) is 5.91 Å². The normalized spacial score (nSPS) is 11.8. The number of rotatable bonds is 6. The highest BCUT2D eigenvalue weighted by molar-refractivity contribution is 5.92. The fraction of sp³-hybridized carbons (Fsp3) is 0.190. The number of para-hydroxylation sites is 1. The van der Waals surface area contributed by atoms with Crippen LogP contribution in [0.15, 0.2) is 71.1 Å². The van der Waals surface area contributed by atoms with Crippen molar-refractivity contribution in [3.05, 3.63) is 89.4 Å². The average Bonchev–Trinajstić information content (AvgIpc) is 3.16. The van der Waals surface area contributed by atoms with Crippen molar-refractivity contribution in [1.29, 1.82) is 0 Å². The first-order valence-corrected chi connectivity index (χ1v) is 8.30. The third kappa shape index (κ3) is 3.74. The molecule has 3 aromatic rings. The van der Waals surface area contributed by atoms with E-state index in [4.69, 9.17) is 9.15 Å². The molecule has 4 heteroatoms. The first-order valence-electron chi connectivity index (χ1n) is 8.30. The van der Waals surface area contributed by atoms with E-state index in [2.05, 4.69) is 5.32 Å². The van der Waals surface area contributed by atoms with Gasteiger partial charge in [0.2, 0.25) is 0 Å². The minimum Gasteiger partial charge on any atom is -0.496 e. The zero-order valence-corrected chi connectivity index (χ0v) is 14.4. The van der Waals surface area contributed by atoms with Gasteiger partial charge < -0.3 is 14.5 Å². The highest BCUT2D eigenvalue weighted by Gasteiger charge is 2.22. The van der Waals surface area contributed by atoms with Gasteiger partial charge in [-0.1, -0.05) is 55.5 Å². The molecular weight excluding hydrogens is 314 g/mol. The quantitative estimate of drug-likeness (QED) is 0.728. The second-order valence-corrected chi connectivity index (χ2v) is 5.68. The van der Waals surface area contributed by atoms with E-state index in [1.807, 2.05) is 67.6 Å². The van der Waals surface area contributed by atoms with E-state index in [-0.39, 0.29) is 11.9 Å². The molecule has 4 nitrogen and oxygen atoms in total. The highest BCUT2D eigenvalue weighted by atomic mass is 16.5. The number of furan rings is 1. The number of benzene rings is 2. The van der Waals surface area contributed by atoms with Crippen LogP contribution in [0.25, 0.3) is 0 Å². The number of hydrogen-bond donors (Lipinski definition) is 1. The summed E-state index contributed by atoms with van der Waals surface area (Å²) in [4.78, 5) is 12.7. The molecule has 0 radical (unpaired) electrons. The van der Waals surface area contributed by atoms with Crippen molar-refractivity contribution in [2.45, 2.75) is 19.4 Å². The second kappa shape index (κ2) is 7.71. The van der Waals surface area contributed by atoms with Gasteiger partial charge in [0, 0.05) is 12.0 Å². The fourth-order valence-electron chi connectivity index (χ4n) is 2.78. The van der Waals surface area contributed by atoms with Crippen LogP contribution in [0.1, 0.15) is 40.4 Å². The van der Waals surface area contributed by atoms with Gasteiger partial charge in [0.1, 0.15) is 11.5 Å². The Morgan fingerprint density at radius 1 is 1.04 bits per heavy atom. The number of aryl methyl sites for hydroxylation is 1. The Labute approximate surface area is 147 Å². The number of nitrogens with one attached hydrogen (secondary N) is 1. The Kier molecular flexibility index (Phi) is 5.19. The van der Waals surface area contributed by atoms with Gasteiger partial charge in [0.15, 0.2) is 5.76 Å². The molecule has 0 fully saturated rings. The molecule has 0 saturated carbocycles. The van der Waals surface area contributed by atoms with Crippen LogP contribution >= 0.6 is 0 Å². The lowest BCUT2D eigenvalue weighted by molar-refractivity contribution is 0.0913. The van der Waals surface area contributed by atoms with Crippen molar-refractivity contribution in [2.75, 3.05) is 7.11 Å². The first kappa shape index (κ1) is 16.8. The summed E-state index contributed by atoms with van der Waals surface area (Å²) < 4.78 is 11.1. The molecule has 0 aliphatic heterocycles. The number of hydrogen-bond acceptors (Lipinski definition) is 3. The lowest BCUT2D eigenvalue weighted by atomic mass is 9.97. The topological polar surface area (TPSA) is 51.5 Å². The standard InChI is InChI=1S/C21H21NO3/c1-3-16-13-14-19(25-16)21(23)22-20(15-9-5-4-6-10-15)17-11-7-8-12-18(17)24-2/h4-14,20H,3H2,1-2H3,(H,22,23). The molecule has 1 N–H and O–H groups in total. The molecule has 128 valence electrons. The molecule has 1 aromatic heterocycles. The van der Waals surface area contributed by atoms with Crippen LogP contribution in [0.3, 0.4) is 0 Å². The van der Waals surface area contributed by atoms with Gasteiger partial charge in [-0.2, -0.15) is 0 Å². The van der Waals surface area contributed by atoms with Crippen molar-refractivity contribution < 1.29 is 13.9 Å². The van der Waals surface area contributed by atoms with E-state index in [1.165, 1.54) is 0 Å². The number of ether oxygens (including phenoxy) is 1. The van der Waals surface area contributed by atoms with Crippen molar-refractivity contribution in [3.63, 3.8) is 0 Å². The summed E-state index contributed by atoms with van der Waals surface area (Å²) in [5.41, 5.74) is 1.87. The van der Waals surface area contributed by atoms with E-state index in [0.717, 1.165) is 29.1 Å². The summed E-state index contributed by atoms with van der Waals surface area (Å²) in [7, 11) is 1.63. The number of carbonyl (C=O) groups is 1. The SMILES string of the molecule is CCc1ccc(C(=O)NC(c2ccccc2)c2ccccc2OC)o1. The second-order valence-electron chi connectivity index (χ2n) is 5.68. The van der Waals surface area contributed by atoms with Gasteiger partial charge in [0.05, 0.1) is 13.2 Å². The molecule has 0 aliphatic rings. The lowest BCUT2D eigenvalue weighted by Crippen LogP contribution is -2.29. The highest BCUT2D eigenvalue weighted by Crippen LogP contribution is 2.30. The monoisotopic (exact) mass is 335 g/mol. The third-order valence-electron chi connectivity index (χ3n) is 4.09. The number of carbonyl (C=O) groups excluding carboxylic acids is 1. The molecule has 0 spiro atoms. The van der Waals surface area contributed by atoms with Crippen molar-refractivity contribution in [1.82, 2.24) is 5.32 Å². The third-order valence-corrected chi connectivity index (χ3v) is 4.09. The van der Waals surface area contributed by atoms with Crippen LogP contribution < -0.4 is 10.1 Å². The predicted octanol–water partition coefficient (Wildman–Crippen LogP) is 4.37. The van der Waals surface area contributed by atoms with Crippen LogP contribution in [-0.2, 0) is 6.42 Å².